The van der Waals surface area contributed by atoms with E-state index in [0.29, 0.717) is 19.3 Å². The predicted molar refractivity (Wildman–Crippen MR) is 353 cm³/mol. The third kappa shape index (κ3) is 67.0. The van der Waals surface area contributed by atoms with Crippen LogP contribution in [0.1, 0.15) is 342 Å². The third-order valence-electron chi connectivity index (χ3n) is 15.0. The summed E-state index contributed by atoms with van der Waals surface area (Å²) < 4.78 is 16.9. The molecule has 81 heavy (non-hydrogen) atoms. The van der Waals surface area contributed by atoms with Crippen LogP contribution in [0.3, 0.4) is 0 Å². The summed E-state index contributed by atoms with van der Waals surface area (Å²) in [5, 5.41) is 0. The zero-order chi connectivity index (χ0) is 58.5. The molecule has 1 unspecified atom stereocenters. The lowest BCUT2D eigenvalue weighted by molar-refractivity contribution is -0.167. The average Bonchev–Trinajstić information content (AvgIpc) is 3.47. The molecule has 0 rings (SSSR count). The highest BCUT2D eigenvalue weighted by atomic mass is 16.6. The van der Waals surface area contributed by atoms with Gasteiger partial charge in [0.15, 0.2) is 6.10 Å². The van der Waals surface area contributed by atoms with Crippen molar-refractivity contribution >= 4 is 17.9 Å². The number of hydrogen-bond acceptors (Lipinski definition) is 6. The van der Waals surface area contributed by atoms with E-state index in [9.17, 15) is 14.4 Å². The normalized spacial score (nSPS) is 12.7. The zero-order valence-electron chi connectivity index (χ0n) is 53.5. The zero-order valence-corrected chi connectivity index (χ0v) is 53.5. The second kappa shape index (κ2) is 68.8. The highest BCUT2D eigenvalue weighted by Gasteiger charge is 2.19. The maximum Gasteiger partial charge on any atom is 0.306 e. The van der Waals surface area contributed by atoms with Gasteiger partial charge in [0.05, 0.1) is 0 Å². The van der Waals surface area contributed by atoms with Crippen LogP contribution in [0, 0.1) is 0 Å². The van der Waals surface area contributed by atoms with E-state index in [4.69, 9.17) is 14.2 Å². The summed E-state index contributed by atoms with van der Waals surface area (Å²) in [6.45, 7) is 6.51. The summed E-state index contributed by atoms with van der Waals surface area (Å²) >= 11 is 0. The summed E-state index contributed by atoms with van der Waals surface area (Å²) in [5.41, 5.74) is 0. The van der Waals surface area contributed by atoms with E-state index in [0.717, 1.165) is 96.3 Å². The van der Waals surface area contributed by atoms with Crippen molar-refractivity contribution in [1.82, 2.24) is 0 Å². The van der Waals surface area contributed by atoms with E-state index >= 15 is 0 Å². The molecule has 0 heterocycles. The van der Waals surface area contributed by atoms with Gasteiger partial charge in [0, 0.05) is 19.3 Å². The van der Waals surface area contributed by atoms with E-state index in [1.165, 1.54) is 205 Å². The van der Waals surface area contributed by atoms with Crippen LogP contribution in [0.25, 0.3) is 0 Å². The van der Waals surface area contributed by atoms with E-state index in [1.807, 2.05) is 0 Å². The van der Waals surface area contributed by atoms with Gasteiger partial charge >= 0.3 is 17.9 Å². The van der Waals surface area contributed by atoms with Crippen LogP contribution >= 0.6 is 0 Å². The Kier molecular flexibility index (Phi) is 65.7. The molecular formula is C75H130O6. The van der Waals surface area contributed by atoms with Gasteiger partial charge in [0.1, 0.15) is 13.2 Å². The first-order valence-corrected chi connectivity index (χ1v) is 34.7. The van der Waals surface area contributed by atoms with Gasteiger partial charge in [0.2, 0.25) is 0 Å². The van der Waals surface area contributed by atoms with Crippen molar-refractivity contribution in [3.8, 4) is 0 Å². The SMILES string of the molecule is CC/C=C\C/C=C\C/C=C\C/C=C\CCCCC(=O)OCC(COC(=O)CCCCCCCCCCCCCCCCCC/C=C\C/C=C\C/C=C\CCCCCCC)OC(=O)CCCCCCCCC/C=C\CCCCCCCC. The fourth-order valence-corrected chi connectivity index (χ4v) is 9.85. The van der Waals surface area contributed by atoms with Gasteiger partial charge in [-0.3, -0.25) is 14.4 Å². The first kappa shape index (κ1) is 77.3. The predicted octanol–water partition coefficient (Wildman–Crippen LogP) is 24.0. The van der Waals surface area contributed by atoms with Gasteiger partial charge < -0.3 is 14.2 Å². The Hall–Kier alpha value is -3.67. The van der Waals surface area contributed by atoms with Crippen LogP contribution in [-0.2, 0) is 28.6 Å². The quantitative estimate of drug-likeness (QED) is 0.0261. The number of esters is 3. The third-order valence-corrected chi connectivity index (χ3v) is 15.0. The lowest BCUT2D eigenvalue weighted by Gasteiger charge is -2.18. The van der Waals surface area contributed by atoms with E-state index in [1.54, 1.807) is 0 Å². The van der Waals surface area contributed by atoms with Gasteiger partial charge in [-0.15, -0.1) is 0 Å². The molecule has 0 saturated heterocycles. The van der Waals surface area contributed by atoms with Crippen molar-refractivity contribution in [2.75, 3.05) is 13.2 Å². The molecule has 0 spiro atoms. The molecule has 0 fully saturated rings. The van der Waals surface area contributed by atoms with E-state index in [2.05, 4.69) is 118 Å². The van der Waals surface area contributed by atoms with E-state index < -0.39 is 6.10 Å². The summed E-state index contributed by atoms with van der Waals surface area (Å²) in [6.07, 6.45) is 93.0. The smallest absolute Gasteiger partial charge is 0.306 e. The summed E-state index contributed by atoms with van der Waals surface area (Å²) in [7, 11) is 0. The highest BCUT2D eigenvalue weighted by molar-refractivity contribution is 5.71. The highest BCUT2D eigenvalue weighted by Crippen LogP contribution is 2.17. The van der Waals surface area contributed by atoms with Gasteiger partial charge in [-0.05, 0) is 122 Å². The second-order valence-corrected chi connectivity index (χ2v) is 23.1. The van der Waals surface area contributed by atoms with Crippen LogP contribution in [-0.4, -0.2) is 37.2 Å². The Bertz CT molecular complexity index is 1580. The first-order chi connectivity index (χ1) is 40.0. The molecule has 1 atom stereocenters. The lowest BCUT2D eigenvalue weighted by atomic mass is 10.0. The molecule has 0 saturated carbocycles. The number of allylic oxidation sites excluding steroid dienone is 16. The minimum Gasteiger partial charge on any atom is -0.462 e. The molecule has 0 aliphatic heterocycles. The van der Waals surface area contributed by atoms with Crippen LogP contribution in [0.2, 0.25) is 0 Å². The van der Waals surface area contributed by atoms with Crippen molar-refractivity contribution in [1.29, 1.82) is 0 Å². The average molecular weight is 1130 g/mol. The molecule has 0 N–H and O–H groups in total. The van der Waals surface area contributed by atoms with Crippen LogP contribution in [0.4, 0.5) is 0 Å². The number of carbonyl (C=O) groups is 3. The lowest BCUT2D eigenvalue weighted by Crippen LogP contribution is -2.30. The van der Waals surface area contributed by atoms with Gasteiger partial charge in [0.25, 0.3) is 0 Å². The summed E-state index contributed by atoms with van der Waals surface area (Å²) in [6, 6.07) is 0. The topological polar surface area (TPSA) is 78.9 Å². The molecule has 0 bridgehead atoms. The second-order valence-electron chi connectivity index (χ2n) is 23.1. The standard InChI is InChI=1S/C75H130O6/c1-4-7-10-13-16-19-22-25-28-30-31-32-33-34-35-36-37-38-39-40-41-42-43-45-47-50-53-56-59-62-65-68-74(77)80-71-72(70-79-73(76)67-64-61-58-55-52-49-46-27-24-21-18-15-12-9-6-3)81-75(78)69-66-63-60-57-54-51-48-44-29-26-23-20-17-14-11-8-5-2/h9,12,18,21-22,25-27,29-31,33-34,46,52,55,72H,4-8,10-11,13-17,19-20,23-24,28,32,35-45,47-51,53-54,56-71H2,1-3H3/b12-9-,21-18-,25-22-,29-26-,31-30-,34-33-,46-27-,55-52-. The fourth-order valence-electron chi connectivity index (χ4n) is 9.85. The number of hydrogen-bond donors (Lipinski definition) is 0. The maximum absolute atomic E-state index is 12.9. The number of rotatable bonds is 63. The minimum absolute atomic E-state index is 0.0905. The molecule has 0 aliphatic carbocycles. The summed E-state index contributed by atoms with van der Waals surface area (Å²) in [4.78, 5) is 38.4. The molecule has 6 heteroatoms. The first-order valence-electron chi connectivity index (χ1n) is 34.7. The molecule has 0 aromatic heterocycles. The number of unbranched alkanes of at least 4 members (excludes halogenated alkanes) is 36. The molecular weight excluding hydrogens is 997 g/mol. The Labute approximate surface area is 502 Å². The largest absolute Gasteiger partial charge is 0.462 e. The fraction of sp³-hybridized carbons (Fsp3) is 0.747. The molecule has 0 aromatic rings. The van der Waals surface area contributed by atoms with Gasteiger partial charge in [-0.25, -0.2) is 0 Å². The van der Waals surface area contributed by atoms with E-state index in [-0.39, 0.29) is 31.1 Å². The molecule has 0 aromatic carbocycles. The monoisotopic (exact) mass is 1130 g/mol. The van der Waals surface area contributed by atoms with Crippen molar-refractivity contribution in [2.24, 2.45) is 0 Å². The van der Waals surface area contributed by atoms with Crippen LogP contribution < -0.4 is 0 Å². The Morgan fingerprint density at radius 2 is 0.481 bits per heavy atom. The van der Waals surface area contributed by atoms with Crippen molar-refractivity contribution in [2.45, 2.75) is 348 Å². The minimum atomic E-state index is -0.798. The Morgan fingerprint density at radius 1 is 0.259 bits per heavy atom. The molecule has 0 amide bonds. The molecule has 0 aliphatic rings. The maximum atomic E-state index is 12.9. The summed E-state index contributed by atoms with van der Waals surface area (Å²) in [5.74, 6) is -0.925. The van der Waals surface area contributed by atoms with Crippen LogP contribution in [0.5, 0.6) is 0 Å². The van der Waals surface area contributed by atoms with Crippen LogP contribution in [0.15, 0.2) is 97.2 Å². The molecule has 466 valence electrons. The molecule has 0 radical (unpaired) electrons. The Morgan fingerprint density at radius 3 is 0.790 bits per heavy atom. The Balaban J connectivity index is 4.26. The number of ether oxygens (including phenoxy) is 3. The van der Waals surface area contributed by atoms with Crippen molar-refractivity contribution < 1.29 is 28.6 Å². The van der Waals surface area contributed by atoms with Crippen molar-refractivity contribution in [3.05, 3.63) is 97.2 Å². The van der Waals surface area contributed by atoms with Gasteiger partial charge in [-0.1, -0.05) is 298 Å². The van der Waals surface area contributed by atoms with Gasteiger partial charge in [-0.2, -0.15) is 0 Å². The molecule has 6 nitrogen and oxygen atoms in total. The number of carbonyl (C=O) groups excluding carboxylic acids is 3. The van der Waals surface area contributed by atoms with Crippen molar-refractivity contribution in [3.63, 3.8) is 0 Å².